The van der Waals surface area contributed by atoms with E-state index in [-0.39, 0.29) is 11.9 Å². The minimum absolute atomic E-state index is 0.145. The standard InChI is InChI=1S/C18H15FN2/c19-15-8-3-2-7-14(15)18-17-10-5-11-21(17)16-9-4-1-6-13(16)12-20-18/h1-11,18,20H,12H2/t18-/m1/s1. The van der Waals surface area contributed by atoms with E-state index in [1.807, 2.05) is 42.6 Å². The maximum atomic E-state index is 14.2. The first-order valence-corrected chi connectivity index (χ1v) is 7.08. The summed E-state index contributed by atoms with van der Waals surface area (Å²) in [6, 6.07) is 19.2. The Morgan fingerprint density at radius 1 is 0.952 bits per heavy atom. The Morgan fingerprint density at radius 2 is 1.76 bits per heavy atom. The summed E-state index contributed by atoms with van der Waals surface area (Å²) in [7, 11) is 0. The van der Waals surface area contributed by atoms with Crippen LogP contribution >= 0.6 is 0 Å². The molecule has 0 amide bonds. The molecule has 2 heterocycles. The third kappa shape index (κ3) is 1.98. The fourth-order valence-corrected chi connectivity index (χ4v) is 3.04. The van der Waals surface area contributed by atoms with Gasteiger partial charge in [-0.3, -0.25) is 0 Å². The molecule has 1 N–H and O–H groups in total. The van der Waals surface area contributed by atoms with E-state index in [2.05, 4.69) is 22.0 Å². The van der Waals surface area contributed by atoms with Crippen LogP contribution in [0.15, 0.2) is 66.9 Å². The molecular weight excluding hydrogens is 263 g/mol. The van der Waals surface area contributed by atoms with Gasteiger partial charge in [0.2, 0.25) is 0 Å². The summed E-state index contributed by atoms with van der Waals surface area (Å²) >= 11 is 0. The lowest BCUT2D eigenvalue weighted by Gasteiger charge is -2.18. The van der Waals surface area contributed by atoms with Crippen LogP contribution in [0.5, 0.6) is 0 Å². The number of benzene rings is 2. The van der Waals surface area contributed by atoms with E-state index in [9.17, 15) is 4.39 Å². The van der Waals surface area contributed by atoms with Crippen molar-refractivity contribution in [1.82, 2.24) is 9.88 Å². The lowest BCUT2D eigenvalue weighted by Crippen LogP contribution is -2.22. The molecule has 2 aromatic carbocycles. The number of hydrogen-bond acceptors (Lipinski definition) is 1. The molecule has 0 saturated carbocycles. The first kappa shape index (κ1) is 12.4. The van der Waals surface area contributed by atoms with Crippen molar-refractivity contribution in [3.8, 4) is 5.69 Å². The first-order chi connectivity index (χ1) is 10.3. The summed E-state index contributed by atoms with van der Waals surface area (Å²) in [6.07, 6.45) is 2.04. The molecular formula is C18H15FN2. The van der Waals surface area contributed by atoms with Crippen molar-refractivity contribution in [3.05, 3.63) is 89.5 Å². The monoisotopic (exact) mass is 278 g/mol. The summed E-state index contributed by atoms with van der Waals surface area (Å²) in [5, 5.41) is 3.48. The van der Waals surface area contributed by atoms with Crippen molar-refractivity contribution in [1.29, 1.82) is 0 Å². The van der Waals surface area contributed by atoms with Crippen molar-refractivity contribution < 1.29 is 4.39 Å². The van der Waals surface area contributed by atoms with E-state index in [1.165, 1.54) is 11.6 Å². The van der Waals surface area contributed by atoms with Gasteiger partial charge in [0.15, 0.2) is 0 Å². The van der Waals surface area contributed by atoms with Gasteiger partial charge in [-0.25, -0.2) is 4.39 Å². The van der Waals surface area contributed by atoms with Crippen molar-refractivity contribution in [2.45, 2.75) is 12.6 Å². The average Bonchev–Trinajstić information content (AvgIpc) is 2.93. The second-order valence-electron chi connectivity index (χ2n) is 5.27. The van der Waals surface area contributed by atoms with E-state index in [0.717, 1.165) is 17.9 Å². The number of para-hydroxylation sites is 1. The molecule has 0 radical (unpaired) electrons. The summed E-state index contributed by atoms with van der Waals surface area (Å²) in [4.78, 5) is 0. The summed E-state index contributed by atoms with van der Waals surface area (Å²) in [5.41, 5.74) is 4.12. The lowest BCUT2D eigenvalue weighted by molar-refractivity contribution is 0.545. The van der Waals surface area contributed by atoms with Crippen molar-refractivity contribution in [3.63, 3.8) is 0 Å². The quantitative estimate of drug-likeness (QED) is 0.716. The predicted octanol–water partition coefficient (Wildman–Crippen LogP) is 3.81. The van der Waals surface area contributed by atoms with Crippen LogP contribution in [0, 0.1) is 5.82 Å². The van der Waals surface area contributed by atoms with Crippen LogP contribution in [0.25, 0.3) is 5.69 Å². The van der Waals surface area contributed by atoms with E-state index >= 15 is 0 Å². The normalized spacial score (nSPS) is 16.9. The highest BCUT2D eigenvalue weighted by Crippen LogP contribution is 2.31. The molecule has 0 fully saturated rings. The molecule has 0 bridgehead atoms. The molecule has 0 spiro atoms. The molecule has 4 rings (SSSR count). The molecule has 3 heteroatoms. The van der Waals surface area contributed by atoms with Gasteiger partial charge in [-0.2, -0.15) is 0 Å². The molecule has 1 atom stereocenters. The van der Waals surface area contributed by atoms with Gasteiger partial charge in [0.25, 0.3) is 0 Å². The zero-order chi connectivity index (χ0) is 14.2. The van der Waals surface area contributed by atoms with E-state index in [1.54, 1.807) is 6.07 Å². The molecule has 0 saturated heterocycles. The number of hydrogen-bond donors (Lipinski definition) is 1. The number of nitrogens with one attached hydrogen (secondary N) is 1. The Labute approximate surface area is 122 Å². The fraction of sp³-hybridized carbons (Fsp3) is 0.111. The van der Waals surface area contributed by atoms with E-state index < -0.39 is 0 Å². The van der Waals surface area contributed by atoms with Gasteiger partial charge in [0.05, 0.1) is 6.04 Å². The smallest absolute Gasteiger partial charge is 0.128 e. The third-order valence-corrected chi connectivity index (χ3v) is 4.04. The molecule has 1 aromatic heterocycles. The molecule has 0 aliphatic carbocycles. The molecule has 1 aliphatic heterocycles. The zero-order valence-corrected chi connectivity index (χ0v) is 11.5. The molecule has 2 nitrogen and oxygen atoms in total. The molecule has 0 unspecified atom stereocenters. The zero-order valence-electron chi connectivity index (χ0n) is 11.5. The van der Waals surface area contributed by atoms with Crippen LogP contribution in [0.3, 0.4) is 0 Å². The van der Waals surface area contributed by atoms with Crippen molar-refractivity contribution in [2.75, 3.05) is 0 Å². The molecule has 1 aliphatic rings. The van der Waals surface area contributed by atoms with Gasteiger partial charge in [0, 0.05) is 29.7 Å². The van der Waals surface area contributed by atoms with Crippen LogP contribution in [-0.2, 0) is 6.54 Å². The van der Waals surface area contributed by atoms with Crippen LogP contribution in [-0.4, -0.2) is 4.57 Å². The van der Waals surface area contributed by atoms with Crippen LogP contribution in [0.4, 0.5) is 4.39 Å². The number of halogens is 1. The van der Waals surface area contributed by atoms with Crippen LogP contribution < -0.4 is 5.32 Å². The molecule has 21 heavy (non-hydrogen) atoms. The van der Waals surface area contributed by atoms with Crippen molar-refractivity contribution >= 4 is 0 Å². The van der Waals surface area contributed by atoms with Gasteiger partial charge in [-0.15, -0.1) is 0 Å². The van der Waals surface area contributed by atoms with Gasteiger partial charge in [-0.1, -0.05) is 36.4 Å². The SMILES string of the molecule is Fc1ccccc1[C@H]1NCc2ccccc2-n2cccc21. The third-order valence-electron chi connectivity index (χ3n) is 4.04. The topological polar surface area (TPSA) is 17.0 Å². The highest BCUT2D eigenvalue weighted by molar-refractivity contribution is 5.46. The summed E-state index contributed by atoms with van der Waals surface area (Å²) in [5.74, 6) is -0.172. The highest BCUT2D eigenvalue weighted by Gasteiger charge is 2.24. The molecule has 104 valence electrons. The van der Waals surface area contributed by atoms with E-state index in [4.69, 9.17) is 0 Å². The summed E-state index contributed by atoms with van der Waals surface area (Å²) < 4.78 is 16.3. The summed E-state index contributed by atoms with van der Waals surface area (Å²) in [6.45, 7) is 0.719. The van der Waals surface area contributed by atoms with Gasteiger partial charge >= 0.3 is 0 Å². The number of aromatic nitrogens is 1. The Morgan fingerprint density at radius 3 is 2.67 bits per heavy atom. The van der Waals surface area contributed by atoms with Crippen LogP contribution in [0.1, 0.15) is 22.9 Å². The largest absolute Gasteiger partial charge is 0.319 e. The van der Waals surface area contributed by atoms with Crippen molar-refractivity contribution in [2.24, 2.45) is 0 Å². The second-order valence-corrected chi connectivity index (χ2v) is 5.27. The van der Waals surface area contributed by atoms with Gasteiger partial charge < -0.3 is 9.88 Å². The Balaban J connectivity index is 1.90. The highest BCUT2D eigenvalue weighted by atomic mass is 19.1. The van der Waals surface area contributed by atoms with Gasteiger partial charge in [0.1, 0.15) is 5.82 Å². The number of nitrogens with zero attached hydrogens (tertiary/aromatic N) is 1. The predicted molar refractivity (Wildman–Crippen MR) is 80.9 cm³/mol. The number of fused-ring (bicyclic) bond motifs is 3. The first-order valence-electron chi connectivity index (χ1n) is 7.08. The Kier molecular flexibility index (Phi) is 2.86. The van der Waals surface area contributed by atoms with E-state index in [0.29, 0.717) is 5.56 Å². The minimum atomic E-state index is -0.172. The maximum Gasteiger partial charge on any atom is 0.128 e. The second kappa shape index (κ2) is 4.86. The Hall–Kier alpha value is -2.39. The minimum Gasteiger partial charge on any atom is -0.319 e. The number of rotatable bonds is 1. The lowest BCUT2D eigenvalue weighted by atomic mass is 10.0. The Bertz CT molecular complexity index is 791. The maximum absolute atomic E-state index is 14.2. The van der Waals surface area contributed by atoms with Gasteiger partial charge in [-0.05, 0) is 29.8 Å². The molecule has 3 aromatic rings. The van der Waals surface area contributed by atoms with Crippen LogP contribution in [0.2, 0.25) is 0 Å². The average molecular weight is 278 g/mol. The fourth-order valence-electron chi connectivity index (χ4n) is 3.04.